The van der Waals surface area contributed by atoms with Crippen molar-refractivity contribution in [2.45, 2.75) is 38.5 Å². The predicted octanol–water partition coefficient (Wildman–Crippen LogP) is 2.11. The fourth-order valence-electron chi connectivity index (χ4n) is 1.63. The molecule has 1 unspecified atom stereocenters. The molecule has 1 saturated carbocycles. The van der Waals surface area contributed by atoms with E-state index in [1.165, 1.54) is 25.1 Å². The summed E-state index contributed by atoms with van der Waals surface area (Å²) in [7, 11) is 0. The maximum absolute atomic E-state index is 12.1. The molecule has 0 radical (unpaired) electrons. The minimum atomic E-state index is -2.97. The lowest BCUT2D eigenvalue weighted by atomic mass is 10.2. The molecule has 1 amide bonds. The number of nitrogens with one attached hydrogen (secondary N) is 1. The Balaban J connectivity index is 1.93. The Morgan fingerprint density at radius 1 is 1.33 bits per heavy atom. The Morgan fingerprint density at radius 2 is 2.05 bits per heavy atom. The zero-order chi connectivity index (χ0) is 15.4. The highest BCUT2D eigenvalue weighted by molar-refractivity contribution is 5.92. The molecule has 0 saturated heterocycles. The number of esters is 1. The second-order valence-electron chi connectivity index (χ2n) is 4.74. The average Bonchev–Trinajstić information content (AvgIpc) is 3.22. The molecule has 1 atom stereocenters. The Labute approximate surface area is 120 Å². The summed E-state index contributed by atoms with van der Waals surface area (Å²) in [5.74, 6) is -1.28. The van der Waals surface area contributed by atoms with Crippen molar-refractivity contribution in [2.75, 3.05) is 0 Å². The van der Waals surface area contributed by atoms with Crippen molar-refractivity contribution in [2.24, 2.45) is 0 Å². The first-order chi connectivity index (χ1) is 9.95. The number of hydrogen-bond donors (Lipinski definition) is 1. The standard InChI is InChI=1S/C14H15F2NO4/c1-8(12(18)17-10-5-6-10)20-13(19)9-3-2-4-11(7-9)21-14(15)16/h2-4,7-8,10,14H,5-6H2,1H3,(H,17,18). The van der Waals surface area contributed by atoms with Gasteiger partial charge in [0.25, 0.3) is 5.91 Å². The lowest BCUT2D eigenvalue weighted by Gasteiger charge is -2.13. The number of alkyl halides is 2. The van der Waals surface area contributed by atoms with E-state index in [0.29, 0.717) is 0 Å². The van der Waals surface area contributed by atoms with Crippen LogP contribution in [0.3, 0.4) is 0 Å². The molecule has 0 aliphatic heterocycles. The third kappa shape index (κ3) is 4.70. The SMILES string of the molecule is CC(OC(=O)c1cccc(OC(F)F)c1)C(=O)NC1CC1. The van der Waals surface area contributed by atoms with Crippen LogP contribution in [0.4, 0.5) is 8.78 Å². The highest BCUT2D eigenvalue weighted by Gasteiger charge is 2.27. The highest BCUT2D eigenvalue weighted by Crippen LogP contribution is 2.19. The number of carbonyl (C=O) groups is 2. The molecule has 0 heterocycles. The summed E-state index contributed by atoms with van der Waals surface area (Å²) in [6, 6.07) is 5.39. The minimum absolute atomic E-state index is 0.0409. The minimum Gasteiger partial charge on any atom is -0.449 e. The molecule has 114 valence electrons. The Hall–Kier alpha value is -2.18. The molecule has 0 aromatic heterocycles. The number of benzene rings is 1. The van der Waals surface area contributed by atoms with Crippen LogP contribution in [0.15, 0.2) is 24.3 Å². The maximum atomic E-state index is 12.1. The summed E-state index contributed by atoms with van der Waals surface area (Å²) >= 11 is 0. The van der Waals surface area contributed by atoms with E-state index >= 15 is 0 Å². The predicted molar refractivity (Wildman–Crippen MR) is 69.1 cm³/mol. The van der Waals surface area contributed by atoms with Crippen LogP contribution >= 0.6 is 0 Å². The van der Waals surface area contributed by atoms with E-state index in [4.69, 9.17) is 4.74 Å². The number of rotatable bonds is 6. The van der Waals surface area contributed by atoms with Crippen LogP contribution in [0.25, 0.3) is 0 Å². The molecule has 2 rings (SSSR count). The van der Waals surface area contributed by atoms with Gasteiger partial charge in [0.05, 0.1) is 5.56 Å². The summed E-state index contributed by atoms with van der Waals surface area (Å²) < 4.78 is 33.4. The van der Waals surface area contributed by atoms with E-state index in [0.717, 1.165) is 18.9 Å². The third-order valence-corrected chi connectivity index (χ3v) is 2.87. The highest BCUT2D eigenvalue weighted by atomic mass is 19.3. The van der Waals surface area contributed by atoms with Gasteiger partial charge in [0.2, 0.25) is 0 Å². The van der Waals surface area contributed by atoms with Gasteiger partial charge in [0.1, 0.15) is 5.75 Å². The van der Waals surface area contributed by atoms with Gasteiger partial charge >= 0.3 is 12.6 Å². The van der Waals surface area contributed by atoms with E-state index in [9.17, 15) is 18.4 Å². The fourth-order valence-corrected chi connectivity index (χ4v) is 1.63. The van der Waals surface area contributed by atoms with Crippen molar-refractivity contribution in [1.29, 1.82) is 0 Å². The lowest BCUT2D eigenvalue weighted by Crippen LogP contribution is -2.37. The van der Waals surface area contributed by atoms with Crippen molar-refractivity contribution < 1.29 is 27.8 Å². The molecule has 21 heavy (non-hydrogen) atoms. The molecule has 1 fully saturated rings. The van der Waals surface area contributed by atoms with Gasteiger partial charge in [-0.25, -0.2) is 4.79 Å². The van der Waals surface area contributed by atoms with Gasteiger partial charge in [-0.2, -0.15) is 8.78 Å². The van der Waals surface area contributed by atoms with Gasteiger partial charge in [-0.15, -0.1) is 0 Å². The van der Waals surface area contributed by atoms with Crippen LogP contribution in [-0.4, -0.2) is 30.6 Å². The van der Waals surface area contributed by atoms with Crippen molar-refractivity contribution in [3.8, 4) is 5.75 Å². The molecule has 1 aliphatic rings. The fraction of sp³-hybridized carbons (Fsp3) is 0.429. The normalized spacial score (nSPS) is 15.4. The quantitative estimate of drug-likeness (QED) is 0.817. The summed E-state index contributed by atoms with van der Waals surface area (Å²) in [6.45, 7) is -1.52. The van der Waals surface area contributed by atoms with Crippen LogP contribution in [0.1, 0.15) is 30.1 Å². The van der Waals surface area contributed by atoms with Gasteiger partial charge in [0.15, 0.2) is 6.10 Å². The van der Waals surface area contributed by atoms with Gasteiger partial charge in [-0.3, -0.25) is 4.79 Å². The maximum Gasteiger partial charge on any atom is 0.387 e. The monoisotopic (exact) mass is 299 g/mol. The van der Waals surface area contributed by atoms with Crippen LogP contribution in [0, 0.1) is 0 Å². The van der Waals surface area contributed by atoms with E-state index in [1.807, 2.05) is 0 Å². The third-order valence-electron chi connectivity index (χ3n) is 2.87. The average molecular weight is 299 g/mol. The van der Waals surface area contributed by atoms with Crippen LogP contribution in [0.5, 0.6) is 5.75 Å². The van der Waals surface area contributed by atoms with Crippen LogP contribution < -0.4 is 10.1 Å². The summed E-state index contributed by atoms with van der Waals surface area (Å²) in [6.07, 6.45) is 0.913. The molecule has 0 bridgehead atoms. The van der Waals surface area contributed by atoms with Gasteiger partial charge in [-0.05, 0) is 38.0 Å². The van der Waals surface area contributed by atoms with Crippen molar-refractivity contribution in [3.05, 3.63) is 29.8 Å². The molecule has 1 aromatic rings. The van der Waals surface area contributed by atoms with E-state index < -0.39 is 18.7 Å². The van der Waals surface area contributed by atoms with Gasteiger partial charge < -0.3 is 14.8 Å². The molecule has 1 N–H and O–H groups in total. The summed E-state index contributed by atoms with van der Waals surface area (Å²) in [4.78, 5) is 23.5. The van der Waals surface area contributed by atoms with Crippen LogP contribution in [-0.2, 0) is 9.53 Å². The number of carbonyl (C=O) groups excluding carboxylic acids is 2. The lowest BCUT2D eigenvalue weighted by molar-refractivity contribution is -0.129. The Kier molecular flexibility index (Phi) is 4.72. The van der Waals surface area contributed by atoms with E-state index in [1.54, 1.807) is 0 Å². The second kappa shape index (κ2) is 6.51. The zero-order valence-corrected chi connectivity index (χ0v) is 11.3. The number of hydrogen-bond acceptors (Lipinski definition) is 4. The summed E-state index contributed by atoms with van der Waals surface area (Å²) in [5.41, 5.74) is 0.0409. The summed E-state index contributed by atoms with van der Waals surface area (Å²) in [5, 5.41) is 2.71. The van der Waals surface area contributed by atoms with E-state index in [2.05, 4.69) is 10.1 Å². The van der Waals surface area contributed by atoms with E-state index in [-0.39, 0.29) is 23.3 Å². The van der Waals surface area contributed by atoms with Crippen LogP contribution in [0.2, 0.25) is 0 Å². The molecule has 0 spiro atoms. The molecular weight excluding hydrogens is 284 g/mol. The van der Waals surface area contributed by atoms with Crippen molar-refractivity contribution in [1.82, 2.24) is 5.32 Å². The molecule has 1 aromatic carbocycles. The Morgan fingerprint density at radius 3 is 2.67 bits per heavy atom. The second-order valence-corrected chi connectivity index (χ2v) is 4.74. The topological polar surface area (TPSA) is 64.6 Å². The first-order valence-corrected chi connectivity index (χ1v) is 6.52. The first kappa shape index (κ1) is 15.2. The zero-order valence-electron chi connectivity index (χ0n) is 11.3. The molecule has 7 heteroatoms. The smallest absolute Gasteiger partial charge is 0.387 e. The number of ether oxygens (including phenoxy) is 2. The van der Waals surface area contributed by atoms with Gasteiger partial charge in [0, 0.05) is 6.04 Å². The number of halogens is 2. The number of amides is 1. The molecule has 1 aliphatic carbocycles. The van der Waals surface area contributed by atoms with Crippen molar-refractivity contribution in [3.63, 3.8) is 0 Å². The van der Waals surface area contributed by atoms with Gasteiger partial charge in [-0.1, -0.05) is 6.07 Å². The van der Waals surface area contributed by atoms with Crippen molar-refractivity contribution >= 4 is 11.9 Å². The largest absolute Gasteiger partial charge is 0.449 e. The molecular formula is C14H15F2NO4. The first-order valence-electron chi connectivity index (χ1n) is 6.52. The molecule has 5 nitrogen and oxygen atoms in total. The Bertz CT molecular complexity index is 531.